The van der Waals surface area contributed by atoms with Crippen LogP contribution in [0.15, 0.2) is 46.6 Å². The van der Waals surface area contributed by atoms with Crippen LogP contribution >= 0.6 is 0 Å². The molecule has 0 saturated carbocycles. The van der Waals surface area contributed by atoms with E-state index in [1.54, 1.807) is 19.1 Å². The van der Waals surface area contributed by atoms with E-state index >= 15 is 0 Å². The van der Waals surface area contributed by atoms with Crippen molar-refractivity contribution in [2.75, 3.05) is 33.2 Å². The molecule has 0 radical (unpaired) electrons. The number of allylic oxidation sites excluding steroid dienone is 1. The lowest BCUT2D eigenvalue weighted by Crippen LogP contribution is -3.13. The number of carbonyl (C=O) groups excluding carboxylic acids is 1. The smallest absolute Gasteiger partial charge is 0.232 e. The zero-order valence-electron chi connectivity index (χ0n) is 17.2. The summed E-state index contributed by atoms with van der Waals surface area (Å²) >= 11 is 0. The van der Waals surface area contributed by atoms with Crippen LogP contribution in [0.4, 0.5) is 0 Å². The Morgan fingerprint density at radius 2 is 1.97 bits per heavy atom. The Morgan fingerprint density at radius 1 is 1.20 bits per heavy atom. The maximum atomic E-state index is 13.1. The molecule has 6 heteroatoms. The number of nitrogens with one attached hydrogen (secondary N) is 1. The van der Waals surface area contributed by atoms with Gasteiger partial charge in [0.05, 0.1) is 18.7 Å². The Bertz CT molecular complexity index is 1140. The second kappa shape index (κ2) is 7.31. The second-order valence-electron chi connectivity index (χ2n) is 8.23. The number of likely N-dealkylation sites (N-methyl/N-ethyl adjacent to an activating group) is 1. The molecule has 2 aliphatic rings. The first kappa shape index (κ1) is 18.9. The summed E-state index contributed by atoms with van der Waals surface area (Å²) in [6.45, 7) is 6.28. The standard InChI is InChI=1S/C24H24N2O4/c1-15-11-19(27)18(14-26-9-7-25(2)8-10-26)24-22(15)23(28)21(30-24)13-17-12-16-5-3-4-6-20(16)29-17/h3-6,11-13,27H,7-10,14H2,1-2H3. The third-order valence-corrected chi connectivity index (χ3v) is 6.04. The average molecular weight is 404 g/mol. The van der Waals surface area contributed by atoms with Crippen molar-refractivity contribution in [3.63, 3.8) is 0 Å². The van der Waals surface area contributed by atoms with Crippen molar-refractivity contribution in [2.24, 2.45) is 0 Å². The Hall–Kier alpha value is -3.09. The normalized spacial score (nSPS) is 18.9. The number of hydrogen-bond acceptors (Lipinski definition) is 5. The van der Waals surface area contributed by atoms with E-state index in [2.05, 4.69) is 11.9 Å². The van der Waals surface area contributed by atoms with Crippen LogP contribution in [0.1, 0.15) is 27.2 Å². The number of para-hydroxylation sites is 1. The largest absolute Gasteiger partial charge is 0.872 e. The number of aryl methyl sites for hydroxylation is 1. The van der Waals surface area contributed by atoms with Gasteiger partial charge in [0.1, 0.15) is 23.6 Å². The highest BCUT2D eigenvalue weighted by atomic mass is 16.5. The van der Waals surface area contributed by atoms with Crippen molar-refractivity contribution in [1.29, 1.82) is 0 Å². The molecular weight excluding hydrogens is 380 g/mol. The number of rotatable bonds is 3. The number of Topliss-reactive ketones (excluding diaryl/α,β-unsaturated/α-hetero) is 1. The number of fused-ring (bicyclic) bond motifs is 2. The molecule has 1 aromatic heterocycles. The van der Waals surface area contributed by atoms with Crippen molar-refractivity contribution >= 4 is 22.8 Å². The van der Waals surface area contributed by atoms with Gasteiger partial charge in [-0.15, -0.1) is 0 Å². The molecule has 1 N–H and O–H groups in total. The number of piperazine rings is 1. The van der Waals surface area contributed by atoms with Crippen LogP contribution in [0, 0.1) is 6.92 Å². The third-order valence-electron chi connectivity index (χ3n) is 6.04. The van der Waals surface area contributed by atoms with Crippen molar-refractivity contribution in [1.82, 2.24) is 4.90 Å². The average Bonchev–Trinajstić information content (AvgIpc) is 3.27. The van der Waals surface area contributed by atoms with Crippen LogP contribution in [0.5, 0.6) is 11.5 Å². The summed E-state index contributed by atoms with van der Waals surface area (Å²) in [6.07, 6.45) is 1.62. The fourth-order valence-electron chi connectivity index (χ4n) is 4.30. The Kier molecular flexibility index (Phi) is 4.60. The van der Waals surface area contributed by atoms with Gasteiger partial charge in [-0.1, -0.05) is 30.0 Å². The maximum Gasteiger partial charge on any atom is 0.232 e. The number of hydrogen-bond donors (Lipinski definition) is 1. The van der Waals surface area contributed by atoms with E-state index in [1.165, 1.54) is 4.90 Å². The van der Waals surface area contributed by atoms with Crippen LogP contribution in [-0.4, -0.2) is 43.9 Å². The summed E-state index contributed by atoms with van der Waals surface area (Å²) in [5.74, 6) is 0.929. The number of ketones is 1. The van der Waals surface area contributed by atoms with Gasteiger partial charge in [-0.05, 0) is 31.7 Å². The molecule has 0 unspecified atom stereocenters. The number of quaternary nitrogens is 1. The topological polar surface area (TPSA) is 70.2 Å². The Balaban J connectivity index is 1.49. The summed E-state index contributed by atoms with van der Waals surface area (Å²) in [4.78, 5) is 16.7. The van der Waals surface area contributed by atoms with Gasteiger partial charge in [0.25, 0.3) is 0 Å². The molecule has 2 aliphatic heterocycles. The molecule has 154 valence electrons. The minimum absolute atomic E-state index is 0.0598. The molecule has 6 nitrogen and oxygen atoms in total. The van der Waals surface area contributed by atoms with Gasteiger partial charge < -0.3 is 19.2 Å². The van der Waals surface area contributed by atoms with Gasteiger partial charge in [0.15, 0.2) is 5.76 Å². The van der Waals surface area contributed by atoms with Crippen LogP contribution in [0.3, 0.4) is 0 Å². The van der Waals surface area contributed by atoms with E-state index < -0.39 is 0 Å². The number of benzene rings is 2. The van der Waals surface area contributed by atoms with E-state index in [0.29, 0.717) is 34.7 Å². The van der Waals surface area contributed by atoms with E-state index in [0.717, 1.165) is 37.1 Å². The molecule has 2 aromatic carbocycles. The van der Waals surface area contributed by atoms with Crippen molar-refractivity contribution < 1.29 is 24.0 Å². The third kappa shape index (κ3) is 3.28. The molecule has 1 saturated heterocycles. The Morgan fingerprint density at radius 3 is 2.73 bits per heavy atom. The summed E-state index contributed by atoms with van der Waals surface area (Å²) in [5.41, 5.74) is 2.51. The van der Waals surface area contributed by atoms with Gasteiger partial charge in [0, 0.05) is 30.1 Å². The lowest BCUT2D eigenvalue weighted by atomic mass is 9.99. The van der Waals surface area contributed by atoms with Gasteiger partial charge in [-0.2, -0.15) is 0 Å². The highest BCUT2D eigenvalue weighted by Gasteiger charge is 2.33. The second-order valence-corrected chi connectivity index (χ2v) is 8.23. The fourth-order valence-corrected chi connectivity index (χ4v) is 4.30. The molecule has 3 heterocycles. The van der Waals surface area contributed by atoms with E-state index in [1.807, 2.05) is 30.3 Å². The number of carbonyl (C=O) groups is 1. The zero-order valence-corrected chi connectivity index (χ0v) is 17.2. The first-order valence-electron chi connectivity index (χ1n) is 10.3. The molecule has 0 atom stereocenters. The highest BCUT2D eigenvalue weighted by Crippen LogP contribution is 2.40. The van der Waals surface area contributed by atoms with Gasteiger partial charge in [-0.3, -0.25) is 9.69 Å². The van der Waals surface area contributed by atoms with E-state index in [9.17, 15) is 9.90 Å². The monoisotopic (exact) mass is 404 g/mol. The minimum Gasteiger partial charge on any atom is -0.872 e. The first-order valence-corrected chi connectivity index (χ1v) is 10.3. The molecule has 5 rings (SSSR count). The SMILES string of the molecule is Cc1cc([O-])c(C[NH+]2CCN(C)CC2)c2c1C(=O)C(=Cc1cc3ccccc3o1)O2. The van der Waals surface area contributed by atoms with Crippen molar-refractivity contribution in [3.8, 4) is 11.5 Å². The number of furan rings is 1. The molecule has 3 aromatic rings. The summed E-state index contributed by atoms with van der Waals surface area (Å²) in [6, 6.07) is 11.1. The minimum atomic E-state index is -0.197. The Labute approximate surface area is 175 Å². The quantitative estimate of drug-likeness (QED) is 0.674. The molecule has 0 spiro atoms. The molecule has 0 aliphatic carbocycles. The first-order chi connectivity index (χ1) is 14.5. The van der Waals surface area contributed by atoms with Crippen LogP contribution < -0.4 is 14.7 Å². The summed E-state index contributed by atoms with van der Waals surface area (Å²) in [7, 11) is 2.11. The van der Waals surface area contributed by atoms with Gasteiger partial charge in [0.2, 0.25) is 5.78 Å². The van der Waals surface area contributed by atoms with E-state index in [4.69, 9.17) is 9.15 Å². The van der Waals surface area contributed by atoms with Gasteiger partial charge >= 0.3 is 0 Å². The van der Waals surface area contributed by atoms with Crippen LogP contribution in [0.25, 0.3) is 17.0 Å². The zero-order chi connectivity index (χ0) is 20.8. The predicted octanol–water partition coefficient (Wildman–Crippen LogP) is 1.76. The molecule has 1 fully saturated rings. The molecule has 0 bridgehead atoms. The lowest BCUT2D eigenvalue weighted by molar-refractivity contribution is -0.918. The maximum absolute atomic E-state index is 13.1. The summed E-state index contributed by atoms with van der Waals surface area (Å²) < 4.78 is 11.8. The van der Waals surface area contributed by atoms with Crippen molar-refractivity contribution in [3.05, 3.63) is 64.6 Å². The van der Waals surface area contributed by atoms with E-state index in [-0.39, 0.29) is 17.3 Å². The number of ether oxygens (including phenoxy) is 1. The highest BCUT2D eigenvalue weighted by molar-refractivity contribution is 6.15. The molecular formula is C24H24N2O4. The summed E-state index contributed by atoms with van der Waals surface area (Å²) in [5, 5.41) is 13.7. The molecule has 30 heavy (non-hydrogen) atoms. The van der Waals surface area contributed by atoms with Crippen LogP contribution in [-0.2, 0) is 6.54 Å². The fraction of sp³-hybridized carbons (Fsp3) is 0.292. The molecule has 0 amide bonds. The predicted molar refractivity (Wildman–Crippen MR) is 112 cm³/mol. The van der Waals surface area contributed by atoms with Crippen molar-refractivity contribution in [2.45, 2.75) is 13.5 Å². The lowest BCUT2D eigenvalue weighted by Gasteiger charge is -2.31. The van der Waals surface area contributed by atoms with Crippen LogP contribution in [0.2, 0.25) is 0 Å². The number of nitrogens with zero attached hydrogens (tertiary/aromatic N) is 1. The van der Waals surface area contributed by atoms with Gasteiger partial charge in [-0.25, -0.2) is 0 Å².